The molecule has 154 valence electrons. The molecule has 8 heteroatoms. The minimum absolute atomic E-state index is 0.280. The fourth-order valence-corrected chi connectivity index (χ4v) is 4.43. The minimum atomic E-state index is 0.280. The molecular formula is C23H18ClN5OS. The molecule has 3 aromatic heterocycles. The number of hydrogen-bond acceptors (Lipinski definition) is 7. The molecule has 0 spiro atoms. The van der Waals surface area contributed by atoms with Gasteiger partial charge in [-0.2, -0.15) is 0 Å². The molecule has 1 aromatic carbocycles. The third-order valence-electron chi connectivity index (χ3n) is 4.79. The molecule has 5 rings (SSSR count). The van der Waals surface area contributed by atoms with E-state index in [-0.39, 0.29) is 6.04 Å². The van der Waals surface area contributed by atoms with Gasteiger partial charge in [-0.25, -0.2) is 15.0 Å². The first-order chi connectivity index (χ1) is 15.2. The van der Waals surface area contributed by atoms with Crippen LogP contribution in [0.4, 0.5) is 11.5 Å². The molecule has 0 saturated carbocycles. The van der Waals surface area contributed by atoms with Gasteiger partial charge in [0.2, 0.25) is 5.88 Å². The topological polar surface area (TPSA) is 72.0 Å². The third-order valence-corrected chi connectivity index (χ3v) is 6.13. The van der Waals surface area contributed by atoms with Gasteiger partial charge in [-0.05, 0) is 49.7 Å². The quantitative estimate of drug-likeness (QED) is 0.409. The van der Waals surface area contributed by atoms with E-state index >= 15 is 0 Å². The van der Waals surface area contributed by atoms with Crippen molar-refractivity contribution >= 4 is 44.7 Å². The van der Waals surface area contributed by atoms with E-state index < -0.39 is 0 Å². The third kappa shape index (κ3) is 4.62. The molecule has 6 nitrogen and oxygen atoms in total. The lowest BCUT2D eigenvalue weighted by Crippen LogP contribution is -2.18. The van der Waals surface area contributed by atoms with Gasteiger partial charge in [-0.3, -0.25) is 0 Å². The molecule has 4 aromatic rings. The standard InChI is InChI=1S/C23H18ClN5OS/c24-18-12-16(7-9-20(18)30-21-5-1-2-10-26-21)29-23-22-19(27-14-28-23)13-17(31-22)8-6-15-4-3-11-25-15/h1-2,5,7,9-10,12-15,25H,3-4,11H2,(H,27,28,29)/t15-/m1/s1. The van der Waals surface area contributed by atoms with Crippen molar-refractivity contribution in [3.63, 3.8) is 0 Å². The van der Waals surface area contributed by atoms with Crippen LogP contribution in [0.25, 0.3) is 10.2 Å². The lowest BCUT2D eigenvalue weighted by atomic mass is 10.2. The van der Waals surface area contributed by atoms with Crippen molar-refractivity contribution in [2.45, 2.75) is 18.9 Å². The van der Waals surface area contributed by atoms with Crippen molar-refractivity contribution in [1.82, 2.24) is 20.3 Å². The number of anilines is 2. The fourth-order valence-electron chi connectivity index (χ4n) is 3.29. The zero-order valence-corrected chi connectivity index (χ0v) is 18.0. The maximum atomic E-state index is 6.42. The zero-order valence-electron chi connectivity index (χ0n) is 16.4. The molecule has 2 N–H and O–H groups in total. The summed E-state index contributed by atoms with van der Waals surface area (Å²) in [6, 6.07) is 13.2. The Balaban J connectivity index is 1.36. The predicted molar refractivity (Wildman–Crippen MR) is 124 cm³/mol. The van der Waals surface area contributed by atoms with E-state index in [2.05, 4.69) is 37.4 Å². The summed E-state index contributed by atoms with van der Waals surface area (Å²) >= 11 is 8.00. The average Bonchev–Trinajstić information content (AvgIpc) is 3.45. The summed E-state index contributed by atoms with van der Waals surface area (Å²) in [6.45, 7) is 1.04. The van der Waals surface area contributed by atoms with Crippen LogP contribution in [0.5, 0.6) is 11.6 Å². The van der Waals surface area contributed by atoms with Crippen molar-refractivity contribution in [2.24, 2.45) is 0 Å². The van der Waals surface area contributed by atoms with E-state index in [1.165, 1.54) is 6.42 Å². The van der Waals surface area contributed by atoms with E-state index in [4.69, 9.17) is 16.3 Å². The highest BCUT2D eigenvalue weighted by Gasteiger charge is 2.12. The Morgan fingerprint density at radius 3 is 2.94 bits per heavy atom. The maximum absolute atomic E-state index is 6.42. The Hall–Kier alpha value is -3.18. The van der Waals surface area contributed by atoms with Gasteiger partial charge >= 0.3 is 0 Å². The fraction of sp³-hybridized carbons (Fsp3) is 0.174. The summed E-state index contributed by atoms with van der Waals surface area (Å²) in [5, 5.41) is 7.20. The highest BCUT2D eigenvalue weighted by molar-refractivity contribution is 7.20. The summed E-state index contributed by atoms with van der Waals surface area (Å²) in [7, 11) is 0. The van der Waals surface area contributed by atoms with Crippen molar-refractivity contribution in [3.05, 3.63) is 64.9 Å². The minimum Gasteiger partial charge on any atom is -0.437 e. The van der Waals surface area contributed by atoms with Gasteiger partial charge in [0.1, 0.15) is 12.1 Å². The Morgan fingerprint density at radius 1 is 1.16 bits per heavy atom. The van der Waals surface area contributed by atoms with Crippen molar-refractivity contribution in [3.8, 4) is 23.5 Å². The molecule has 1 atom stereocenters. The number of nitrogens with one attached hydrogen (secondary N) is 2. The lowest BCUT2D eigenvalue weighted by Gasteiger charge is -2.10. The van der Waals surface area contributed by atoms with Gasteiger partial charge in [-0.1, -0.05) is 29.5 Å². The Kier molecular flexibility index (Phi) is 5.67. The number of halogens is 1. The first kappa shape index (κ1) is 19.8. The zero-order chi connectivity index (χ0) is 21.0. The highest BCUT2D eigenvalue weighted by Crippen LogP contribution is 2.34. The molecule has 1 aliphatic rings. The Bertz CT molecular complexity index is 1280. The number of ether oxygens (including phenoxy) is 1. The van der Waals surface area contributed by atoms with Crippen LogP contribution in [0.3, 0.4) is 0 Å². The van der Waals surface area contributed by atoms with Gasteiger partial charge in [0, 0.05) is 18.0 Å². The molecule has 1 aliphatic heterocycles. The van der Waals surface area contributed by atoms with Gasteiger partial charge in [0.15, 0.2) is 5.82 Å². The largest absolute Gasteiger partial charge is 0.437 e. The number of nitrogens with zero attached hydrogens (tertiary/aromatic N) is 3. The summed E-state index contributed by atoms with van der Waals surface area (Å²) in [4.78, 5) is 13.9. The van der Waals surface area contributed by atoms with Crippen LogP contribution in [0, 0.1) is 11.8 Å². The second kappa shape index (κ2) is 8.90. The molecular weight excluding hydrogens is 430 g/mol. The molecule has 1 fully saturated rings. The van der Waals surface area contributed by atoms with Crippen molar-refractivity contribution < 1.29 is 4.74 Å². The first-order valence-corrected chi connectivity index (χ1v) is 11.1. The molecule has 0 aliphatic carbocycles. The summed E-state index contributed by atoms with van der Waals surface area (Å²) in [6.07, 6.45) is 5.50. The number of pyridine rings is 1. The van der Waals surface area contributed by atoms with Crippen LogP contribution in [0.15, 0.2) is 55.0 Å². The van der Waals surface area contributed by atoms with Crippen LogP contribution in [0.2, 0.25) is 5.02 Å². The molecule has 0 amide bonds. The smallest absolute Gasteiger partial charge is 0.219 e. The molecule has 0 radical (unpaired) electrons. The Morgan fingerprint density at radius 2 is 2.13 bits per heavy atom. The molecule has 0 unspecified atom stereocenters. The molecule has 0 bridgehead atoms. The van der Waals surface area contributed by atoms with Crippen LogP contribution in [-0.2, 0) is 0 Å². The van der Waals surface area contributed by atoms with E-state index in [9.17, 15) is 0 Å². The van der Waals surface area contributed by atoms with E-state index in [1.54, 1.807) is 42.1 Å². The van der Waals surface area contributed by atoms with Gasteiger partial charge < -0.3 is 15.4 Å². The van der Waals surface area contributed by atoms with E-state index in [0.717, 1.165) is 39.6 Å². The Labute approximate surface area is 188 Å². The van der Waals surface area contributed by atoms with Crippen LogP contribution < -0.4 is 15.4 Å². The summed E-state index contributed by atoms with van der Waals surface area (Å²) < 4.78 is 6.70. The SMILES string of the molecule is Clc1cc(Nc2ncnc3cc(C#C[C@H]4CCCN4)sc23)ccc1Oc1ccccn1. The maximum Gasteiger partial charge on any atom is 0.219 e. The van der Waals surface area contributed by atoms with Crippen LogP contribution in [0.1, 0.15) is 17.7 Å². The number of thiophene rings is 1. The van der Waals surface area contributed by atoms with Crippen LogP contribution in [-0.4, -0.2) is 27.5 Å². The van der Waals surface area contributed by atoms with Gasteiger partial charge in [0.05, 0.1) is 26.2 Å². The normalized spacial score (nSPS) is 15.5. The number of hydrogen-bond donors (Lipinski definition) is 2. The lowest BCUT2D eigenvalue weighted by molar-refractivity contribution is 0.463. The molecule has 1 saturated heterocycles. The van der Waals surface area contributed by atoms with Crippen molar-refractivity contribution in [1.29, 1.82) is 0 Å². The molecule has 31 heavy (non-hydrogen) atoms. The first-order valence-electron chi connectivity index (χ1n) is 9.89. The number of aromatic nitrogens is 3. The van der Waals surface area contributed by atoms with Crippen LogP contribution >= 0.6 is 22.9 Å². The predicted octanol–water partition coefficient (Wildman–Crippen LogP) is 5.38. The second-order valence-electron chi connectivity index (χ2n) is 7.01. The summed E-state index contributed by atoms with van der Waals surface area (Å²) in [5.41, 5.74) is 1.67. The second-order valence-corrected chi connectivity index (χ2v) is 8.47. The van der Waals surface area contributed by atoms with Crippen molar-refractivity contribution in [2.75, 3.05) is 11.9 Å². The monoisotopic (exact) mass is 447 g/mol. The van der Waals surface area contributed by atoms with E-state index in [1.807, 2.05) is 24.3 Å². The van der Waals surface area contributed by atoms with Gasteiger partial charge in [0.25, 0.3) is 0 Å². The number of benzene rings is 1. The highest BCUT2D eigenvalue weighted by atomic mass is 35.5. The van der Waals surface area contributed by atoms with E-state index in [0.29, 0.717) is 16.7 Å². The summed E-state index contributed by atoms with van der Waals surface area (Å²) in [5.74, 6) is 8.32. The molecule has 4 heterocycles. The average molecular weight is 448 g/mol. The number of rotatable bonds is 4. The number of fused-ring (bicyclic) bond motifs is 1. The van der Waals surface area contributed by atoms with Gasteiger partial charge in [-0.15, -0.1) is 11.3 Å².